The smallest absolute Gasteiger partial charge is 0.394 e. The predicted molar refractivity (Wildman–Crippen MR) is 240 cm³/mol. The first-order valence-electron chi connectivity index (χ1n) is 20.3. The molecule has 2 saturated heterocycles. The number of rotatable bonds is 18. The third-order valence-corrected chi connectivity index (χ3v) is 13.0. The highest BCUT2D eigenvalue weighted by Crippen LogP contribution is 2.51. The first-order valence-corrected chi connectivity index (χ1v) is 24.5. The summed E-state index contributed by atoms with van der Waals surface area (Å²) < 4.78 is 75.4. The molecule has 0 spiro atoms. The number of aliphatic hydroxyl groups is 1. The van der Waals surface area contributed by atoms with Crippen molar-refractivity contribution in [3.63, 3.8) is 0 Å². The van der Waals surface area contributed by atoms with Gasteiger partial charge in [0.1, 0.15) is 36.7 Å². The normalized spacial score (nSPS) is 24.6. The molecule has 3 N–H and O–H groups in total. The van der Waals surface area contributed by atoms with Crippen molar-refractivity contribution in [2.24, 2.45) is 0 Å². The Morgan fingerprint density at radius 1 is 0.909 bits per heavy atom. The Labute approximate surface area is 382 Å². The van der Waals surface area contributed by atoms with Crippen molar-refractivity contribution in [2.45, 2.75) is 49.2 Å². The SMILES string of the molecule is C=CCN(C(=O)c1ccccc1)c1ncnc2c1NCN2C1O[C@H](CO)[C@@H](OP(C)(=S)OC[C@H]2O[C@@H](n3cnc4c(N(CC=C)C(=O)c5ccccc5)ncnc43)[C@H](F)[C@@H]2O[P+](=O)O)[C@H]1F. The van der Waals surface area contributed by atoms with Crippen molar-refractivity contribution in [3.8, 4) is 0 Å². The summed E-state index contributed by atoms with van der Waals surface area (Å²) in [6.07, 6.45) is -6.05. The molecular formula is C41H43F2N10O10P2S+. The Balaban J connectivity index is 0.975. The molecule has 8 rings (SSSR count). The fourth-order valence-electron chi connectivity index (χ4n) is 7.84. The molecule has 5 aromatic rings. The van der Waals surface area contributed by atoms with E-state index in [1.807, 2.05) is 0 Å². The van der Waals surface area contributed by atoms with Crippen molar-refractivity contribution >= 4 is 72.7 Å². The van der Waals surface area contributed by atoms with Gasteiger partial charge in [0.2, 0.25) is 0 Å². The Kier molecular flexibility index (Phi) is 14.3. The molecule has 20 nitrogen and oxygen atoms in total. The predicted octanol–water partition coefficient (Wildman–Crippen LogP) is 4.84. The van der Waals surface area contributed by atoms with Crippen LogP contribution in [0.15, 0.2) is 105 Å². The summed E-state index contributed by atoms with van der Waals surface area (Å²) in [6.45, 7) is 4.29. The molecule has 0 saturated carbocycles. The Hall–Kier alpha value is -5.58. The highest BCUT2D eigenvalue weighted by Gasteiger charge is 2.54. The molecule has 0 aliphatic carbocycles. The van der Waals surface area contributed by atoms with Gasteiger partial charge in [0.15, 0.2) is 66.0 Å². The number of imidazole rings is 1. The lowest BCUT2D eigenvalue weighted by atomic mass is 10.1. The monoisotopic (exact) mass is 967 g/mol. The van der Waals surface area contributed by atoms with E-state index in [0.29, 0.717) is 16.8 Å². The van der Waals surface area contributed by atoms with Crippen LogP contribution in [0.2, 0.25) is 0 Å². The number of nitrogens with one attached hydrogen (secondary N) is 1. The third-order valence-electron chi connectivity index (χ3n) is 10.8. The molecule has 6 heterocycles. The van der Waals surface area contributed by atoms with Gasteiger partial charge in [-0.2, -0.15) is 0 Å². The maximum Gasteiger partial charge on any atom is 0.695 e. The van der Waals surface area contributed by atoms with Gasteiger partial charge >= 0.3 is 8.25 Å². The first kappa shape index (κ1) is 46.9. The van der Waals surface area contributed by atoms with Crippen LogP contribution in [-0.4, -0.2) is 134 Å². The molecule has 66 heavy (non-hydrogen) atoms. The van der Waals surface area contributed by atoms with E-state index < -0.39 is 83.1 Å². The Morgan fingerprint density at radius 3 is 2.12 bits per heavy atom. The molecule has 25 heteroatoms. The summed E-state index contributed by atoms with van der Waals surface area (Å²) in [4.78, 5) is 62.8. The number of aliphatic hydroxyl groups excluding tert-OH is 1. The van der Waals surface area contributed by atoms with Gasteiger partial charge in [-0.25, -0.2) is 33.7 Å². The van der Waals surface area contributed by atoms with Crippen LogP contribution >= 0.6 is 14.7 Å². The van der Waals surface area contributed by atoms with Gasteiger partial charge in [-0.15, -0.1) is 22.6 Å². The number of hydrogen-bond donors (Lipinski definition) is 3. The third kappa shape index (κ3) is 9.36. The molecule has 10 atom stereocenters. The number of alkyl halides is 2. The minimum Gasteiger partial charge on any atom is -0.394 e. The summed E-state index contributed by atoms with van der Waals surface area (Å²) in [5.41, 5.74) is 1.29. The molecule has 3 aliphatic heterocycles. The zero-order valence-electron chi connectivity index (χ0n) is 35.0. The zero-order valence-corrected chi connectivity index (χ0v) is 37.6. The molecule has 2 amide bonds. The first-order chi connectivity index (χ1) is 31.8. The number of hydrogen-bond acceptors (Lipinski definition) is 17. The number of halogens is 2. The average Bonchev–Trinajstić information content (AvgIpc) is 4.10. The number of fused-ring (bicyclic) bond motifs is 2. The number of amides is 2. The lowest BCUT2D eigenvalue weighted by Crippen LogP contribution is -2.42. The number of carbonyl (C=O) groups is 2. The number of ether oxygens (including phenoxy) is 2. The van der Waals surface area contributed by atoms with Gasteiger partial charge in [-0.1, -0.05) is 48.6 Å². The molecule has 2 aromatic carbocycles. The van der Waals surface area contributed by atoms with E-state index in [4.69, 9.17) is 34.9 Å². The van der Waals surface area contributed by atoms with Gasteiger partial charge in [0, 0.05) is 35.4 Å². The van der Waals surface area contributed by atoms with E-state index in [9.17, 15) is 24.2 Å². The average molecular weight is 968 g/mol. The lowest BCUT2D eigenvalue weighted by molar-refractivity contribution is -0.0426. The highest BCUT2D eigenvalue weighted by molar-refractivity contribution is 8.09. The van der Waals surface area contributed by atoms with E-state index in [1.165, 1.54) is 51.0 Å². The van der Waals surface area contributed by atoms with Gasteiger partial charge in [0.05, 0.1) is 26.2 Å². The van der Waals surface area contributed by atoms with E-state index >= 15 is 8.78 Å². The van der Waals surface area contributed by atoms with E-state index in [2.05, 4.69) is 43.4 Å². The van der Waals surface area contributed by atoms with E-state index in [-0.39, 0.29) is 54.3 Å². The van der Waals surface area contributed by atoms with Crippen LogP contribution in [0, 0.1) is 0 Å². The highest BCUT2D eigenvalue weighted by atomic mass is 32.5. The summed E-state index contributed by atoms with van der Waals surface area (Å²) in [6, 6.07) is 17.0. The Morgan fingerprint density at radius 2 is 1.50 bits per heavy atom. The summed E-state index contributed by atoms with van der Waals surface area (Å²) in [5, 5.41) is 13.5. The molecule has 0 radical (unpaired) electrons. The van der Waals surface area contributed by atoms with Crippen molar-refractivity contribution in [3.05, 3.63) is 116 Å². The van der Waals surface area contributed by atoms with Crippen LogP contribution < -0.4 is 20.0 Å². The maximum absolute atomic E-state index is 16.6. The van der Waals surface area contributed by atoms with Crippen LogP contribution in [0.25, 0.3) is 11.2 Å². The van der Waals surface area contributed by atoms with Crippen LogP contribution in [0.4, 0.5) is 31.9 Å². The number of anilines is 4. The fraction of sp³-hybridized carbons (Fsp3) is 0.341. The minimum absolute atomic E-state index is 0.0211. The molecular weight excluding hydrogens is 925 g/mol. The second-order valence-electron chi connectivity index (χ2n) is 15.0. The molecule has 3 aliphatic rings. The van der Waals surface area contributed by atoms with Crippen LogP contribution in [0.1, 0.15) is 26.9 Å². The summed E-state index contributed by atoms with van der Waals surface area (Å²) >= 11 is 5.69. The van der Waals surface area contributed by atoms with Crippen molar-refractivity contribution < 1.29 is 56.0 Å². The number of benzene rings is 2. The van der Waals surface area contributed by atoms with Crippen molar-refractivity contribution in [1.29, 1.82) is 0 Å². The van der Waals surface area contributed by atoms with Gasteiger partial charge < -0.3 is 33.8 Å². The van der Waals surface area contributed by atoms with Crippen LogP contribution in [0.3, 0.4) is 0 Å². The zero-order chi connectivity index (χ0) is 46.7. The van der Waals surface area contributed by atoms with Gasteiger partial charge in [-0.3, -0.25) is 24.0 Å². The van der Waals surface area contributed by atoms with E-state index in [0.717, 1.165) is 0 Å². The van der Waals surface area contributed by atoms with Gasteiger partial charge in [-0.05, 0) is 36.1 Å². The molecule has 346 valence electrons. The summed E-state index contributed by atoms with van der Waals surface area (Å²) in [5.74, 6) is -0.215. The topological polar surface area (TPSA) is 229 Å². The number of nitrogens with zero attached hydrogens (tertiary/aromatic N) is 9. The summed E-state index contributed by atoms with van der Waals surface area (Å²) in [7, 11) is -3.35. The molecule has 3 aromatic heterocycles. The second-order valence-corrected chi connectivity index (χ2v) is 19.7. The maximum atomic E-state index is 16.6. The second kappa shape index (κ2) is 20.1. The quantitative estimate of drug-likeness (QED) is 0.0788. The molecule has 0 bridgehead atoms. The van der Waals surface area contributed by atoms with Gasteiger partial charge in [0.25, 0.3) is 11.8 Å². The van der Waals surface area contributed by atoms with Crippen LogP contribution in [0.5, 0.6) is 0 Å². The Bertz CT molecular complexity index is 2660. The fourth-order valence-corrected chi connectivity index (χ4v) is 9.96. The standard InChI is InChI=1S/C41H42F2N10O10P2S/c1-4-16-50(38(55)24-12-8-6-9-13-24)34-30-36(46-20-44-34)52(22-48-30)40-28(42)32(62-64(57)58)27(61-40)19-59-65(3,66)63-33-26(18-54)60-41(29(33)43)53-23-49-31-35(45-21-47-37(31)53)51(17-5-2)39(56)25-14-10-7-11-15-25/h4-15,20-22,26-29,32-33,40-41,49,54H,1-2,16-19,23H2,3H3/p+1/t26-,27-,28-,29-,32-,33-,40-,41?,65?/m1/s1. The lowest BCUT2D eigenvalue weighted by Gasteiger charge is -2.28. The van der Waals surface area contributed by atoms with Crippen LogP contribution in [-0.2, 0) is 39.4 Å². The number of carbonyl (C=O) groups excluding carboxylic acids is 2. The molecule has 2 fully saturated rings. The van der Waals surface area contributed by atoms with E-state index in [1.54, 1.807) is 66.7 Å². The molecule has 3 unspecified atom stereocenters. The van der Waals surface area contributed by atoms with Crippen molar-refractivity contribution in [2.75, 3.05) is 59.7 Å². The minimum atomic E-state index is -3.52. The number of aromatic nitrogens is 6. The van der Waals surface area contributed by atoms with Crippen molar-refractivity contribution in [1.82, 2.24) is 29.5 Å². The largest absolute Gasteiger partial charge is 0.695 e.